The summed E-state index contributed by atoms with van der Waals surface area (Å²) in [6.45, 7) is 6.36. The molecule has 0 aliphatic carbocycles. The molecule has 0 spiro atoms. The second-order valence-electron chi connectivity index (χ2n) is 8.49. The summed E-state index contributed by atoms with van der Waals surface area (Å²) in [5.41, 5.74) is -0.430. The van der Waals surface area contributed by atoms with Crippen LogP contribution in [-0.2, 0) is 35.6 Å². The number of rotatable bonds is 8. The van der Waals surface area contributed by atoms with E-state index < -0.39 is 39.5 Å². The van der Waals surface area contributed by atoms with Gasteiger partial charge in [0.15, 0.2) is 11.3 Å². The first-order valence-electron chi connectivity index (χ1n) is 10.2. The van der Waals surface area contributed by atoms with Gasteiger partial charge in [-0.05, 0) is 45.4 Å². The van der Waals surface area contributed by atoms with E-state index >= 15 is 0 Å². The lowest BCUT2D eigenvalue weighted by atomic mass is 9.92. The number of benzene rings is 2. The van der Waals surface area contributed by atoms with Crippen LogP contribution in [0.15, 0.2) is 59.5 Å². The predicted octanol–water partition coefficient (Wildman–Crippen LogP) is 2.29. The summed E-state index contributed by atoms with van der Waals surface area (Å²) in [5.74, 6) is -1.91. The van der Waals surface area contributed by atoms with Crippen LogP contribution in [0.1, 0.15) is 31.9 Å². The van der Waals surface area contributed by atoms with E-state index in [1.54, 1.807) is 50.2 Å². The Labute approximate surface area is 188 Å². The summed E-state index contributed by atoms with van der Waals surface area (Å²) in [7, 11) is -4.17. The van der Waals surface area contributed by atoms with Gasteiger partial charge in [0.05, 0.1) is 11.5 Å². The third kappa shape index (κ3) is 5.54. The van der Waals surface area contributed by atoms with Gasteiger partial charge in [0.2, 0.25) is 10.0 Å². The SMILES string of the molecule is Cc1ccc(S(=O)(=O)N[C@](C)(C(=O)OCc2ccccc2)[C@@H](O)[C@@H]2COC(C)(C)O2)cc1. The lowest BCUT2D eigenvalue weighted by molar-refractivity contribution is -0.172. The third-order valence-electron chi connectivity index (χ3n) is 5.29. The first-order valence-corrected chi connectivity index (χ1v) is 11.7. The molecule has 174 valence electrons. The van der Waals surface area contributed by atoms with Gasteiger partial charge in [-0.15, -0.1) is 0 Å². The average Bonchev–Trinajstić information content (AvgIpc) is 3.11. The van der Waals surface area contributed by atoms with Crippen molar-refractivity contribution in [3.05, 3.63) is 65.7 Å². The maximum atomic E-state index is 13.2. The highest BCUT2D eigenvalue weighted by molar-refractivity contribution is 7.89. The monoisotopic (exact) mass is 463 g/mol. The number of carbonyl (C=O) groups is 1. The number of ether oxygens (including phenoxy) is 3. The minimum Gasteiger partial charge on any atom is -0.459 e. The quantitative estimate of drug-likeness (QED) is 0.578. The Morgan fingerprint density at radius 1 is 1.22 bits per heavy atom. The minimum absolute atomic E-state index is 0.0119. The largest absolute Gasteiger partial charge is 0.459 e. The topological polar surface area (TPSA) is 111 Å². The number of aliphatic hydroxyl groups excluding tert-OH is 1. The van der Waals surface area contributed by atoms with Gasteiger partial charge in [0.1, 0.15) is 18.8 Å². The molecule has 32 heavy (non-hydrogen) atoms. The fourth-order valence-electron chi connectivity index (χ4n) is 3.39. The molecule has 1 heterocycles. The maximum absolute atomic E-state index is 13.2. The van der Waals surface area contributed by atoms with Gasteiger partial charge in [-0.1, -0.05) is 48.0 Å². The molecule has 2 aromatic carbocycles. The van der Waals surface area contributed by atoms with Gasteiger partial charge < -0.3 is 19.3 Å². The summed E-state index contributed by atoms with van der Waals surface area (Å²) < 4.78 is 45.1. The van der Waals surface area contributed by atoms with Gasteiger partial charge in [-0.25, -0.2) is 13.2 Å². The lowest BCUT2D eigenvalue weighted by Crippen LogP contribution is -2.64. The fraction of sp³-hybridized carbons (Fsp3) is 0.435. The lowest BCUT2D eigenvalue weighted by Gasteiger charge is -2.35. The number of sulfonamides is 1. The second-order valence-corrected chi connectivity index (χ2v) is 10.2. The number of aliphatic hydroxyl groups is 1. The van der Waals surface area contributed by atoms with E-state index in [1.807, 2.05) is 13.0 Å². The first kappa shape index (κ1) is 24.3. The number of hydrogen-bond donors (Lipinski definition) is 2. The molecule has 2 N–H and O–H groups in total. The van der Waals surface area contributed by atoms with Crippen molar-refractivity contribution >= 4 is 16.0 Å². The van der Waals surface area contributed by atoms with Crippen LogP contribution in [0.2, 0.25) is 0 Å². The summed E-state index contributed by atoms with van der Waals surface area (Å²) in [6.07, 6.45) is -2.52. The van der Waals surface area contributed by atoms with E-state index in [0.717, 1.165) is 11.1 Å². The molecule has 0 saturated carbocycles. The molecule has 3 rings (SSSR count). The van der Waals surface area contributed by atoms with E-state index in [-0.39, 0.29) is 18.1 Å². The van der Waals surface area contributed by atoms with Gasteiger partial charge >= 0.3 is 5.97 Å². The highest BCUT2D eigenvalue weighted by atomic mass is 32.2. The Hall–Kier alpha value is -2.30. The average molecular weight is 464 g/mol. The van der Waals surface area contributed by atoms with Crippen LogP contribution in [0.4, 0.5) is 0 Å². The summed E-state index contributed by atoms with van der Waals surface area (Å²) >= 11 is 0. The molecule has 0 unspecified atom stereocenters. The summed E-state index contributed by atoms with van der Waals surface area (Å²) in [5, 5.41) is 11.1. The normalized spacial score (nSPS) is 21.0. The van der Waals surface area contributed by atoms with E-state index in [1.165, 1.54) is 19.1 Å². The number of nitrogens with one attached hydrogen (secondary N) is 1. The maximum Gasteiger partial charge on any atom is 0.330 e. The van der Waals surface area contributed by atoms with Crippen LogP contribution in [0.25, 0.3) is 0 Å². The molecule has 3 atom stereocenters. The number of esters is 1. The molecule has 1 aliphatic heterocycles. The van der Waals surface area contributed by atoms with Crippen molar-refractivity contribution in [1.29, 1.82) is 0 Å². The van der Waals surface area contributed by atoms with Gasteiger partial charge in [0, 0.05) is 0 Å². The van der Waals surface area contributed by atoms with Crippen molar-refractivity contribution < 1.29 is 32.5 Å². The third-order valence-corrected chi connectivity index (χ3v) is 6.87. The smallest absolute Gasteiger partial charge is 0.330 e. The zero-order chi connectivity index (χ0) is 23.6. The number of carbonyl (C=O) groups excluding carboxylic acids is 1. The molecular weight excluding hydrogens is 434 g/mol. The Bertz CT molecular complexity index is 1040. The second kappa shape index (κ2) is 9.29. The molecule has 0 aromatic heterocycles. The van der Waals surface area contributed by atoms with E-state index in [9.17, 15) is 18.3 Å². The molecule has 0 radical (unpaired) electrons. The van der Waals surface area contributed by atoms with Crippen molar-refractivity contribution in [2.75, 3.05) is 6.61 Å². The van der Waals surface area contributed by atoms with Gasteiger partial charge in [-0.2, -0.15) is 4.72 Å². The van der Waals surface area contributed by atoms with E-state index in [4.69, 9.17) is 14.2 Å². The zero-order valence-corrected chi connectivity index (χ0v) is 19.4. The van der Waals surface area contributed by atoms with Crippen molar-refractivity contribution in [3.63, 3.8) is 0 Å². The van der Waals surface area contributed by atoms with Gasteiger partial charge in [-0.3, -0.25) is 0 Å². The van der Waals surface area contributed by atoms with Crippen molar-refractivity contribution in [1.82, 2.24) is 4.72 Å². The molecule has 2 aromatic rings. The highest BCUT2D eigenvalue weighted by Gasteiger charge is 2.52. The minimum atomic E-state index is -4.17. The zero-order valence-electron chi connectivity index (χ0n) is 18.6. The molecule has 1 aliphatic rings. The number of aryl methyl sites for hydroxylation is 1. The molecule has 8 nitrogen and oxygen atoms in total. The fourth-order valence-corrected chi connectivity index (χ4v) is 4.77. The Morgan fingerprint density at radius 3 is 2.41 bits per heavy atom. The van der Waals surface area contributed by atoms with Crippen LogP contribution < -0.4 is 4.72 Å². The standard InChI is InChI=1S/C23H29NO7S/c1-16-10-12-18(13-11-16)32(27,28)24-23(4,20(25)19-15-30-22(2,3)31-19)21(26)29-14-17-8-6-5-7-9-17/h5-13,19-20,24-25H,14-15H2,1-4H3/t19-,20-,23-/m0/s1. The molecule has 1 fully saturated rings. The summed E-state index contributed by atoms with van der Waals surface area (Å²) in [6, 6.07) is 15.1. The van der Waals surface area contributed by atoms with Crippen LogP contribution in [0.5, 0.6) is 0 Å². The van der Waals surface area contributed by atoms with Crippen LogP contribution in [0.3, 0.4) is 0 Å². The molecular formula is C23H29NO7S. The Morgan fingerprint density at radius 2 is 1.84 bits per heavy atom. The van der Waals surface area contributed by atoms with Crippen molar-refractivity contribution in [3.8, 4) is 0 Å². The van der Waals surface area contributed by atoms with Crippen LogP contribution >= 0.6 is 0 Å². The Balaban J connectivity index is 1.89. The van der Waals surface area contributed by atoms with Crippen LogP contribution in [-0.4, -0.2) is 49.6 Å². The number of hydrogen-bond acceptors (Lipinski definition) is 7. The Kier molecular flexibility index (Phi) is 7.06. The van der Waals surface area contributed by atoms with E-state index in [0.29, 0.717) is 0 Å². The van der Waals surface area contributed by atoms with Crippen molar-refractivity contribution in [2.45, 2.75) is 62.7 Å². The highest BCUT2D eigenvalue weighted by Crippen LogP contribution is 2.30. The summed E-state index contributed by atoms with van der Waals surface area (Å²) in [4.78, 5) is 13.1. The molecule has 0 bridgehead atoms. The molecule has 9 heteroatoms. The van der Waals surface area contributed by atoms with Gasteiger partial charge in [0.25, 0.3) is 0 Å². The molecule has 0 amide bonds. The van der Waals surface area contributed by atoms with Crippen molar-refractivity contribution in [2.24, 2.45) is 0 Å². The first-order chi connectivity index (χ1) is 14.9. The van der Waals surface area contributed by atoms with E-state index in [2.05, 4.69) is 4.72 Å². The molecule has 1 saturated heterocycles. The predicted molar refractivity (Wildman–Crippen MR) is 117 cm³/mol. The van der Waals surface area contributed by atoms with Crippen LogP contribution in [0, 0.1) is 6.92 Å².